The van der Waals surface area contributed by atoms with E-state index in [-0.39, 0.29) is 5.88 Å². The van der Waals surface area contributed by atoms with Crippen LogP contribution < -0.4 is 19.9 Å². The largest absolute Gasteiger partial charge is 0.489 e. The summed E-state index contributed by atoms with van der Waals surface area (Å²) in [6.45, 7) is 2.51. The number of allylic oxidation sites excluding steroid dienone is 1. The molecule has 2 heterocycles. The molecule has 1 aromatic heterocycles. The standard InChI is InChI=1S/C29H22N2O4S/c1-18-4-6-19(7-5-18)17-33-21-10-8-20(9-11-21)27-23-13-12-22(34-29(32)26-3-2-14-36-26)15-25(23)35-28(31)24(27)16-30/h2-15,27H,17,31H2,1H3. The zero-order valence-corrected chi connectivity index (χ0v) is 20.2. The molecule has 0 bridgehead atoms. The first-order chi connectivity index (χ1) is 17.5. The Morgan fingerprint density at radius 3 is 2.50 bits per heavy atom. The highest BCUT2D eigenvalue weighted by Gasteiger charge is 2.31. The Hall–Kier alpha value is -4.54. The highest BCUT2D eigenvalue weighted by Crippen LogP contribution is 2.43. The van der Waals surface area contributed by atoms with Crippen molar-refractivity contribution in [3.8, 4) is 23.3 Å². The van der Waals surface area contributed by atoms with Crippen molar-refractivity contribution in [1.29, 1.82) is 5.26 Å². The lowest BCUT2D eigenvalue weighted by atomic mass is 9.83. The van der Waals surface area contributed by atoms with Gasteiger partial charge < -0.3 is 19.9 Å². The lowest BCUT2D eigenvalue weighted by Gasteiger charge is -2.26. The summed E-state index contributed by atoms with van der Waals surface area (Å²) in [5.74, 6) is 0.646. The summed E-state index contributed by atoms with van der Waals surface area (Å²) >= 11 is 1.30. The summed E-state index contributed by atoms with van der Waals surface area (Å²) < 4.78 is 17.2. The lowest BCUT2D eigenvalue weighted by Crippen LogP contribution is -2.21. The number of esters is 1. The van der Waals surface area contributed by atoms with Crippen LogP contribution in [-0.2, 0) is 6.61 Å². The van der Waals surface area contributed by atoms with Gasteiger partial charge >= 0.3 is 5.97 Å². The number of benzene rings is 3. The molecule has 2 N–H and O–H groups in total. The molecule has 36 heavy (non-hydrogen) atoms. The van der Waals surface area contributed by atoms with Crippen molar-refractivity contribution >= 4 is 17.3 Å². The number of nitrogens with two attached hydrogens (primary N) is 1. The molecule has 0 saturated carbocycles. The first-order valence-electron chi connectivity index (χ1n) is 11.3. The second-order valence-corrected chi connectivity index (χ2v) is 9.28. The number of carbonyl (C=O) groups is 1. The number of hydrogen-bond donors (Lipinski definition) is 1. The summed E-state index contributed by atoms with van der Waals surface area (Å²) in [5.41, 5.74) is 10.3. The summed E-state index contributed by atoms with van der Waals surface area (Å²) in [7, 11) is 0. The molecule has 178 valence electrons. The van der Waals surface area contributed by atoms with E-state index in [4.69, 9.17) is 19.9 Å². The zero-order chi connectivity index (χ0) is 25.1. The van der Waals surface area contributed by atoms with E-state index in [9.17, 15) is 10.1 Å². The van der Waals surface area contributed by atoms with E-state index >= 15 is 0 Å². The predicted molar refractivity (Wildman–Crippen MR) is 137 cm³/mol. The number of thiophene rings is 1. The number of carbonyl (C=O) groups excluding carboxylic acids is 1. The highest BCUT2D eigenvalue weighted by molar-refractivity contribution is 7.12. The van der Waals surface area contributed by atoms with E-state index < -0.39 is 11.9 Å². The Labute approximate surface area is 212 Å². The zero-order valence-electron chi connectivity index (χ0n) is 19.4. The Morgan fingerprint density at radius 2 is 1.81 bits per heavy atom. The average molecular weight is 495 g/mol. The van der Waals surface area contributed by atoms with Gasteiger partial charge in [-0.05, 0) is 47.7 Å². The van der Waals surface area contributed by atoms with E-state index in [1.807, 2.05) is 48.7 Å². The third-order valence-electron chi connectivity index (χ3n) is 5.86. The van der Waals surface area contributed by atoms with Crippen molar-refractivity contribution in [3.63, 3.8) is 0 Å². The van der Waals surface area contributed by atoms with Gasteiger partial charge in [-0.15, -0.1) is 11.3 Å². The van der Waals surface area contributed by atoms with Crippen molar-refractivity contribution in [3.05, 3.63) is 123 Å². The van der Waals surface area contributed by atoms with Gasteiger partial charge in [0.2, 0.25) is 5.88 Å². The van der Waals surface area contributed by atoms with Crippen LogP contribution in [0.3, 0.4) is 0 Å². The molecule has 0 saturated heterocycles. The summed E-state index contributed by atoms with van der Waals surface area (Å²) in [4.78, 5) is 12.8. The van der Waals surface area contributed by atoms with E-state index in [0.29, 0.717) is 28.6 Å². The molecule has 1 aliphatic rings. The van der Waals surface area contributed by atoms with Gasteiger partial charge in [-0.1, -0.05) is 54.1 Å². The first-order valence-corrected chi connectivity index (χ1v) is 12.2. The van der Waals surface area contributed by atoms with Crippen molar-refractivity contribution in [1.82, 2.24) is 0 Å². The molecule has 1 atom stereocenters. The van der Waals surface area contributed by atoms with Gasteiger partial charge in [0.25, 0.3) is 0 Å². The fourth-order valence-electron chi connectivity index (χ4n) is 4.00. The van der Waals surface area contributed by atoms with Crippen LogP contribution in [0.25, 0.3) is 0 Å². The topological polar surface area (TPSA) is 94.6 Å². The van der Waals surface area contributed by atoms with E-state index in [1.54, 1.807) is 30.3 Å². The van der Waals surface area contributed by atoms with Crippen molar-refractivity contribution < 1.29 is 19.0 Å². The second kappa shape index (κ2) is 9.98. The molecule has 0 fully saturated rings. The summed E-state index contributed by atoms with van der Waals surface area (Å²) in [6, 6.07) is 26.6. The van der Waals surface area contributed by atoms with Crippen LogP contribution in [0.2, 0.25) is 0 Å². The second-order valence-electron chi connectivity index (χ2n) is 8.33. The minimum atomic E-state index is -0.445. The SMILES string of the molecule is Cc1ccc(COc2ccc(C3C(C#N)=C(N)Oc4cc(OC(=O)c5cccs5)ccc43)cc2)cc1. The van der Waals surface area contributed by atoms with Crippen molar-refractivity contribution in [2.24, 2.45) is 5.73 Å². The molecule has 3 aromatic carbocycles. The number of nitriles is 1. The number of rotatable bonds is 6. The van der Waals surface area contributed by atoms with Crippen molar-refractivity contribution in [2.45, 2.75) is 19.4 Å². The smallest absolute Gasteiger partial charge is 0.353 e. The van der Waals surface area contributed by atoms with Crippen LogP contribution in [0.5, 0.6) is 17.2 Å². The molecule has 4 aromatic rings. The Balaban J connectivity index is 1.38. The van der Waals surface area contributed by atoms with E-state index in [1.165, 1.54) is 16.9 Å². The van der Waals surface area contributed by atoms with Crippen LogP contribution >= 0.6 is 11.3 Å². The first kappa shape index (κ1) is 23.2. The average Bonchev–Trinajstić information content (AvgIpc) is 3.43. The third kappa shape index (κ3) is 4.81. The number of fused-ring (bicyclic) bond motifs is 1. The third-order valence-corrected chi connectivity index (χ3v) is 6.71. The number of ether oxygens (including phenoxy) is 3. The predicted octanol–water partition coefficient (Wildman–Crippen LogP) is 6.07. The highest BCUT2D eigenvalue weighted by atomic mass is 32.1. The minimum absolute atomic E-state index is 0.0245. The number of hydrogen-bond acceptors (Lipinski definition) is 7. The maximum Gasteiger partial charge on any atom is 0.353 e. The molecule has 0 spiro atoms. The van der Waals surface area contributed by atoms with Gasteiger partial charge in [0, 0.05) is 11.6 Å². The summed E-state index contributed by atoms with van der Waals surface area (Å²) in [6.07, 6.45) is 0. The fourth-order valence-corrected chi connectivity index (χ4v) is 4.60. The molecule has 0 radical (unpaired) electrons. The van der Waals surface area contributed by atoms with E-state index in [0.717, 1.165) is 22.4 Å². The van der Waals surface area contributed by atoms with Crippen LogP contribution in [0.15, 0.2) is 95.7 Å². The molecule has 6 nitrogen and oxygen atoms in total. The van der Waals surface area contributed by atoms with Gasteiger partial charge in [0.15, 0.2) is 0 Å². The Bertz CT molecular complexity index is 1470. The number of aryl methyl sites for hydroxylation is 1. The van der Waals surface area contributed by atoms with Crippen LogP contribution in [0.1, 0.15) is 37.8 Å². The van der Waals surface area contributed by atoms with Gasteiger partial charge in [-0.2, -0.15) is 5.26 Å². The molecule has 1 aliphatic heterocycles. The van der Waals surface area contributed by atoms with Gasteiger partial charge in [0.1, 0.15) is 40.4 Å². The molecule has 1 unspecified atom stereocenters. The normalized spacial score (nSPS) is 14.4. The van der Waals surface area contributed by atoms with Crippen LogP contribution in [0.4, 0.5) is 0 Å². The lowest BCUT2D eigenvalue weighted by molar-refractivity contribution is 0.0739. The van der Waals surface area contributed by atoms with Gasteiger partial charge in [0.05, 0.1) is 5.92 Å². The van der Waals surface area contributed by atoms with Crippen molar-refractivity contribution in [2.75, 3.05) is 0 Å². The van der Waals surface area contributed by atoms with E-state index in [2.05, 4.69) is 18.2 Å². The molecule has 7 heteroatoms. The maximum atomic E-state index is 12.3. The molecular formula is C29H22N2O4S. The van der Waals surface area contributed by atoms with Gasteiger partial charge in [-0.3, -0.25) is 0 Å². The quantitative estimate of drug-likeness (QED) is 0.258. The Morgan fingerprint density at radius 1 is 1.06 bits per heavy atom. The molecule has 5 rings (SSSR count). The fraction of sp³-hybridized carbons (Fsp3) is 0.103. The molecule has 0 aliphatic carbocycles. The Kier molecular flexibility index (Phi) is 6.44. The molecular weight excluding hydrogens is 472 g/mol. The monoisotopic (exact) mass is 494 g/mol. The number of nitrogens with zero attached hydrogens (tertiary/aromatic N) is 1. The van der Waals surface area contributed by atoms with Crippen LogP contribution in [-0.4, -0.2) is 5.97 Å². The van der Waals surface area contributed by atoms with Gasteiger partial charge in [-0.25, -0.2) is 4.79 Å². The maximum absolute atomic E-state index is 12.3. The summed E-state index contributed by atoms with van der Waals surface area (Å²) in [5, 5.41) is 11.6. The van der Waals surface area contributed by atoms with Crippen LogP contribution in [0, 0.1) is 18.3 Å². The molecule has 0 amide bonds. The minimum Gasteiger partial charge on any atom is -0.489 e.